The Morgan fingerprint density at radius 2 is 0.271 bits per heavy atom. The van der Waals surface area contributed by atoms with Crippen molar-refractivity contribution in [1.29, 1.82) is 0 Å². The normalized spacial score (nSPS) is 10.9. The van der Waals surface area contributed by atoms with E-state index in [4.69, 9.17) is 0 Å². The molecule has 0 atom stereocenters. The molecule has 0 fully saturated rings. The van der Waals surface area contributed by atoms with Crippen LogP contribution in [0.25, 0.3) is 22.3 Å². The van der Waals surface area contributed by atoms with E-state index in [1.807, 2.05) is 0 Å². The zero-order valence-corrected chi connectivity index (χ0v) is 52.9. The first-order chi connectivity index (χ1) is 47.7. The molecule has 0 aromatic heterocycles. The van der Waals surface area contributed by atoms with Crippen LogP contribution in [0.15, 0.2) is 413 Å². The minimum atomic E-state index is 0.937. The Labute approximate surface area is 563 Å². The lowest BCUT2D eigenvalue weighted by molar-refractivity contribution is 1.21. The first-order valence-electron chi connectivity index (χ1n) is 32.6. The van der Waals surface area contributed by atoms with Crippen LogP contribution in [0.4, 0.5) is 102 Å². The molecule has 0 bridgehead atoms. The Hall–Kier alpha value is -12.9. The molecule has 0 aliphatic carbocycles. The highest BCUT2D eigenvalue weighted by Crippen LogP contribution is 2.53. The van der Waals surface area contributed by atoms with Crippen LogP contribution < -0.4 is 29.4 Å². The number of hydrogen-bond donors (Lipinski definition) is 0. The van der Waals surface area contributed by atoms with Crippen LogP contribution in [0, 0.1) is 0 Å². The first-order valence-corrected chi connectivity index (χ1v) is 32.6. The first kappa shape index (κ1) is 59.4. The Morgan fingerprint density at radius 1 is 0.115 bits per heavy atom. The van der Waals surface area contributed by atoms with Crippen molar-refractivity contribution < 1.29 is 0 Å². The second-order valence-corrected chi connectivity index (χ2v) is 23.4. The molecule has 0 saturated heterocycles. The van der Waals surface area contributed by atoms with Crippen molar-refractivity contribution in [3.05, 3.63) is 413 Å². The highest BCUT2D eigenvalue weighted by atomic mass is 15.2. The van der Waals surface area contributed by atoms with Gasteiger partial charge in [0.25, 0.3) is 0 Å². The molecule has 0 radical (unpaired) electrons. The molecule has 458 valence electrons. The topological polar surface area (TPSA) is 19.4 Å². The molecule has 0 aliphatic heterocycles. The van der Waals surface area contributed by atoms with Crippen molar-refractivity contribution in [2.45, 2.75) is 0 Å². The molecule has 0 saturated carbocycles. The quantitative estimate of drug-likeness (QED) is 0.0752. The van der Waals surface area contributed by atoms with Crippen LogP contribution in [0.3, 0.4) is 0 Å². The van der Waals surface area contributed by atoms with Gasteiger partial charge in [0.05, 0.1) is 39.8 Å². The van der Waals surface area contributed by atoms with E-state index in [9.17, 15) is 0 Å². The third-order valence-corrected chi connectivity index (χ3v) is 17.2. The molecule has 0 aliphatic rings. The van der Waals surface area contributed by atoms with E-state index in [0.717, 1.165) is 125 Å². The van der Waals surface area contributed by atoms with Gasteiger partial charge in [0, 0.05) is 73.7 Å². The largest absolute Gasteiger partial charge is 0.310 e. The highest BCUT2D eigenvalue weighted by Gasteiger charge is 2.28. The molecule has 0 unspecified atom stereocenters. The number of hydrogen-bond acceptors (Lipinski definition) is 6. The molecule has 15 rings (SSSR count). The van der Waals surface area contributed by atoms with Gasteiger partial charge in [-0.05, 0) is 175 Å². The van der Waals surface area contributed by atoms with Crippen LogP contribution in [0.5, 0.6) is 0 Å². The summed E-state index contributed by atoms with van der Waals surface area (Å²) in [5, 5.41) is 0. The number of para-hydroxylation sites is 10. The van der Waals surface area contributed by atoms with E-state index in [2.05, 4.69) is 442 Å². The summed E-state index contributed by atoms with van der Waals surface area (Å²) < 4.78 is 0. The van der Waals surface area contributed by atoms with Gasteiger partial charge in [-0.25, -0.2) is 0 Å². The monoisotopic (exact) mass is 1230 g/mol. The second-order valence-electron chi connectivity index (χ2n) is 23.4. The molecule has 6 heteroatoms. The van der Waals surface area contributed by atoms with Crippen molar-refractivity contribution >= 4 is 102 Å². The molecule has 0 amide bonds. The van der Waals surface area contributed by atoms with E-state index in [0.29, 0.717) is 0 Å². The van der Waals surface area contributed by atoms with Crippen LogP contribution in [-0.4, -0.2) is 0 Å². The van der Waals surface area contributed by atoms with Gasteiger partial charge in [-0.1, -0.05) is 249 Å². The Bertz CT molecular complexity index is 4560. The summed E-state index contributed by atoms with van der Waals surface area (Å²) in [6, 6.07) is 148. The highest BCUT2D eigenvalue weighted by molar-refractivity contribution is 6.00. The molecular formula is C90H68N6. The predicted molar refractivity (Wildman–Crippen MR) is 405 cm³/mol. The van der Waals surface area contributed by atoms with E-state index < -0.39 is 0 Å². The van der Waals surface area contributed by atoms with Gasteiger partial charge in [-0.3, -0.25) is 0 Å². The smallest absolute Gasteiger partial charge is 0.0618 e. The lowest BCUT2D eigenvalue weighted by Gasteiger charge is -2.35. The van der Waals surface area contributed by atoms with Gasteiger partial charge in [0.1, 0.15) is 0 Å². The zero-order chi connectivity index (χ0) is 64.2. The zero-order valence-electron chi connectivity index (χ0n) is 52.9. The van der Waals surface area contributed by atoms with Crippen molar-refractivity contribution in [2.75, 3.05) is 29.4 Å². The Balaban J connectivity index is 1.03. The number of rotatable bonds is 20. The molecule has 15 aromatic carbocycles. The fourth-order valence-electron chi connectivity index (χ4n) is 13.0. The lowest BCUT2D eigenvalue weighted by atomic mass is 9.94. The van der Waals surface area contributed by atoms with Crippen molar-refractivity contribution in [2.24, 2.45) is 0 Å². The lowest BCUT2D eigenvalue weighted by Crippen LogP contribution is -2.18. The summed E-state index contributed by atoms with van der Waals surface area (Å²) in [4.78, 5) is 14.4. The average molecular weight is 1230 g/mol. The van der Waals surface area contributed by atoms with Crippen molar-refractivity contribution in [1.82, 2.24) is 0 Å². The summed E-state index contributed by atoms with van der Waals surface area (Å²) in [6.07, 6.45) is 0. The molecular weight excluding hydrogens is 1170 g/mol. The standard InChI is InChI=1S/C90H68N6/c1-12-36-69(37-13-1)88-60-35-61-89(70-38-14-2-15-39-70)90(88)96(87-67-84(93(75-48-24-7-25-49-75)76-50-26-8-27-51-76)64-85(68-87)94(77-52-28-9-29-53-77)78-54-30-10-31-55-78)81-59-34-58-80(62-81)95(79-56-32-11-33-57-79)86-65-82(91(71-40-16-3-17-41-71)72-42-18-4-19-43-72)63-83(66-86)92(73-44-20-5-21-45-73)74-46-22-6-23-47-74/h1-68H. The molecule has 0 heterocycles. The van der Waals surface area contributed by atoms with Gasteiger partial charge < -0.3 is 29.4 Å². The SMILES string of the molecule is c1ccc(-c2cccc(-c3ccccc3)c2N(c2cccc(N(c3ccccc3)c3cc(N(c4ccccc4)c4ccccc4)cc(N(c4ccccc4)c4ccccc4)c3)c2)c2cc(N(c3ccccc3)c3ccccc3)cc(N(c3ccccc3)c3ccccc3)c2)cc1. The summed E-state index contributed by atoms with van der Waals surface area (Å²) in [7, 11) is 0. The van der Waals surface area contributed by atoms with Crippen LogP contribution in [-0.2, 0) is 0 Å². The Morgan fingerprint density at radius 3 is 0.500 bits per heavy atom. The van der Waals surface area contributed by atoms with Gasteiger partial charge in [-0.2, -0.15) is 0 Å². The van der Waals surface area contributed by atoms with Crippen LogP contribution in [0.1, 0.15) is 0 Å². The maximum absolute atomic E-state index is 2.51. The minimum Gasteiger partial charge on any atom is -0.310 e. The molecule has 0 spiro atoms. The number of anilines is 18. The molecule has 96 heavy (non-hydrogen) atoms. The van der Waals surface area contributed by atoms with E-state index >= 15 is 0 Å². The third-order valence-electron chi connectivity index (χ3n) is 17.2. The van der Waals surface area contributed by atoms with Gasteiger partial charge in [-0.15, -0.1) is 0 Å². The van der Waals surface area contributed by atoms with Crippen LogP contribution >= 0.6 is 0 Å². The summed E-state index contributed by atoms with van der Waals surface area (Å²) in [6.45, 7) is 0. The van der Waals surface area contributed by atoms with Gasteiger partial charge in [0.15, 0.2) is 0 Å². The summed E-state index contributed by atoms with van der Waals surface area (Å²) in [5.41, 5.74) is 22.2. The van der Waals surface area contributed by atoms with Crippen molar-refractivity contribution in [3.8, 4) is 22.3 Å². The average Bonchev–Trinajstić information content (AvgIpc) is 0.756. The van der Waals surface area contributed by atoms with Crippen LogP contribution in [0.2, 0.25) is 0 Å². The molecule has 0 N–H and O–H groups in total. The molecule has 6 nitrogen and oxygen atoms in total. The van der Waals surface area contributed by atoms with E-state index in [-0.39, 0.29) is 0 Å². The second kappa shape index (κ2) is 27.9. The van der Waals surface area contributed by atoms with Crippen molar-refractivity contribution in [3.63, 3.8) is 0 Å². The summed E-state index contributed by atoms with van der Waals surface area (Å²) >= 11 is 0. The van der Waals surface area contributed by atoms with E-state index in [1.165, 1.54) is 0 Å². The number of nitrogens with zero attached hydrogens (tertiary/aromatic N) is 6. The predicted octanol–water partition coefficient (Wildman–Crippen LogP) is 25.8. The Kier molecular flexibility index (Phi) is 17.3. The maximum Gasteiger partial charge on any atom is 0.0618 e. The molecule has 15 aromatic rings. The number of benzene rings is 15. The fraction of sp³-hybridized carbons (Fsp3) is 0. The van der Waals surface area contributed by atoms with Gasteiger partial charge in [0.2, 0.25) is 0 Å². The minimum absolute atomic E-state index is 0.937. The fourth-order valence-corrected chi connectivity index (χ4v) is 13.0. The van der Waals surface area contributed by atoms with Gasteiger partial charge >= 0.3 is 0 Å². The third kappa shape index (κ3) is 12.6. The maximum atomic E-state index is 2.51. The van der Waals surface area contributed by atoms with E-state index in [1.54, 1.807) is 0 Å². The summed E-state index contributed by atoms with van der Waals surface area (Å²) in [5.74, 6) is 0.